The number of fused-ring (bicyclic) bond motifs is 1. The second-order valence-electron chi connectivity index (χ2n) is 9.98. The van der Waals surface area contributed by atoms with Gasteiger partial charge in [0, 0.05) is 43.7 Å². The van der Waals surface area contributed by atoms with Gasteiger partial charge < -0.3 is 20.4 Å². The largest absolute Gasteiger partial charge is 0.369 e. The number of hydrogen-bond donors (Lipinski definition) is 2. The molecule has 0 saturated heterocycles. The van der Waals surface area contributed by atoms with Gasteiger partial charge >= 0.3 is 0 Å². The Morgan fingerprint density at radius 1 is 1.26 bits per heavy atom. The lowest BCUT2D eigenvalue weighted by molar-refractivity contribution is -0.122. The van der Waals surface area contributed by atoms with E-state index in [1.807, 2.05) is 43.5 Å². The molecule has 1 aliphatic rings. The number of aromatic nitrogens is 2. The third-order valence-electron chi connectivity index (χ3n) is 6.29. The Balaban J connectivity index is 1.77. The Morgan fingerprint density at radius 3 is 2.76 bits per heavy atom. The molecule has 0 bridgehead atoms. The lowest BCUT2D eigenvalue weighted by Crippen LogP contribution is -2.34. The Labute approximate surface area is 200 Å². The minimum atomic E-state index is -1.26. The third kappa shape index (κ3) is 4.80. The van der Waals surface area contributed by atoms with Gasteiger partial charge in [0.25, 0.3) is 0 Å². The fourth-order valence-corrected chi connectivity index (χ4v) is 5.11. The standard InChI is InChI=1S/C25H31N5O3Si/c1-16-5-6-17(13-21(16)29-32)23-20(24(26)31)14-22(30(23)15-33-11-12-34(2,3)4)18-7-9-27-25-19(18)8-10-28-25/h5-10,13-14,20,23H,11-12,15H2,1-4H3,(H2,26,31)(H,27,28). The van der Waals surface area contributed by atoms with E-state index in [-0.39, 0.29) is 6.73 Å². The quantitative estimate of drug-likeness (QED) is 0.253. The minimum absolute atomic E-state index is 0.288. The summed E-state index contributed by atoms with van der Waals surface area (Å²) in [6, 6.07) is 10.0. The molecule has 3 heterocycles. The highest BCUT2D eigenvalue weighted by Crippen LogP contribution is 2.45. The molecule has 2 aromatic heterocycles. The van der Waals surface area contributed by atoms with Gasteiger partial charge in [-0.2, -0.15) is 0 Å². The molecule has 0 saturated carbocycles. The molecule has 0 fully saturated rings. The van der Waals surface area contributed by atoms with E-state index in [2.05, 4.69) is 39.7 Å². The molecule has 3 aromatic rings. The third-order valence-corrected chi connectivity index (χ3v) is 7.99. The SMILES string of the molecule is Cc1ccc(C2C(C(N)=O)C=C(c3ccnc4[nH]ccc34)N2COCC[Si](C)(C)C)cc1N=O. The number of H-pyrrole nitrogens is 1. The fraction of sp³-hybridized carbons (Fsp3) is 0.360. The smallest absolute Gasteiger partial charge is 0.226 e. The number of rotatable bonds is 9. The van der Waals surface area contributed by atoms with Crippen molar-refractivity contribution < 1.29 is 9.53 Å². The maximum absolute atomic E-state index is 12.6. The van der Waals surface area contributed by atoms with Crippen molar-refractivity contribution in [1.82, 2.24) is 14.9 Å². The maximum atomic E-state index is 12.6. The molecule has 1 amide bonds. The molecular formula is C25H31N5O3Si. The van der Waals surface area contributed by atoms with Crippen molar-refractivity contribution >= 4 is 36.4 Å². The number of nitrogens with zero attached hydrogens (tertiary/aromatic N) is 3. The summed E-state index contributed by atoms with van der Waals surface area (Å²) < 4.78 is 6.16. The van der Waals surface area contributed by atoms with Gasteiger partial charge in [0.2, 0.25) is 5.91 Å². The number of ether oxygens (including phenoxy) is 1. The highest BCUT2D eigenvalue weighted by molar-refractivity contribution is 6.76. The molecule has 0 spiro atoms. The average Bonchev–Trinajstić information content (AvgIpc) is 3.41. The number of nitroso groups, excluding NO2 is 1. The van der Waals surface area contributed by atoms with E-state index in [4.69, 9.17) is 10.5 Å². The molecule has 0 aliphatic carbocycles. The van der Waals surface area contributed by atoms with Crippen molar-refractivity contribution in [3.8, 4) is 0 Å². The van der Waals surface area contributed by atoms with Crippen molar-refractivity contribution in [1.29, 1.82) is 0 Å². The summed E-state index contributed by atoms with van der Waals surface area (Å²) in [5, 5.41) is 4.12. The van der Waals surface area contributed by atoms with Gasteiger partial charge in [0.05, 0.1) is 12.0 Å². The minimum Gasteiger partial charge on any atom is -0.369 e. The van der Waals surface area contributed by atoms with Crippen LogP contribution in [-0.2, 0) is 9.53 Å². The van der Waals surface area contributed by atoms with E-state index in [0.29, 0.717) is 12.3 Å². The van der Waals surface area contributed by atoms with Crippen molar-refractivity contribution in [2.75, 3.05) is 13.3 Å². The van der Waals surface area contributed by atoms with Gasteiger partial charge in [0.15, 0.2) is 0 Å². The zero-order valence-electron chi connectivity index (χ0n) is 20.0. The van der Waals surface area contributed by atoms with Crippen LogP contribution in [-0.4, -0.2) is 42.2 Å². The molecule has 8 nitrogen and oxygen atoms in total. The number of hydrogen-bond acceptors (Lipinski definition) is 6. The maximum Gasteiger partial charge on any atom is 0.226 e. The highest BCUT2D eigenvalue weighted by Gasteiger charge is 2.40. The molecule has 1 aliphatic heterocycles. The monoisotopic (exact) mass is 477 g/mol. The Bertz CT molecular complexity index is 1250. The zero-order chi connectivity index (χ0) is 24.5. The molecule has 9 heteroatoms. The number of primary amides is 1. The summed E-state index contributed by atoms with van der Waals surface area (Å²) in [7, 11) is -1.26. The molecular weight excluding hydrogens is 446 g/mol. The Hall–Kier alpha value is -3.30. The predicted molar refractivity (Wildman–Crippen MR) is 137 cm³/mol. The van der Waals surface area contributed by atoms with Crippen LogP contribution in [0, 0.1) is 17.7 Å². The van der Waals surface area contributed by atoms with Gasteiger partial charge in [-0.1, -0.05) is 31.8 Å². The van der Waals surface area contributed by atoms with Crippen LogP contribution in [0.5, 0.6) is 0 Å². The van der Waals surface area contributed by atoms with E-state index >= 15 is 0 Å². The van der Waals surface area contributed by atoms with E-state index < -0.39 is 25.9 Å². The average molecular weight is 478 g/mol. The molecule has 178 valence electrons. The van der Waals surface area contributed by atoms with Crippen molar-refractivity contribution in [2.45, 2.75) is 38.7 Å². The summed E-state index contributed by atoms with van der Waals surface area (Å²) >= 11 is 0. The van der Waals surface area contributed by atoms with Crippen LogP contribution < -0.4 is 5.73 Å². The van der Waals surface area contributed by atoms with E-state index in [1.165, 1.54) is 0 Å². The molecule has 2 atom stereocenters. The van der Waals surface area contributed by atoms with Crippen LogP contribution in [0.15, 0.2) is 54.0 Å². The number of carbonyl (C=O) groups is 1. The first-order valence-electron chi connectivity index (χ1n) is 11.4. The summed E-state index contributed by atoms with van der Waals surface area (Å²) in [5.74, 6) is -1.03. The number of nitrogens with two attached hydrogens (primary N) is 1. The van der Waals surface area contributed by atoms with Crippen LogP contribution in [0.4, 0.5) is 5.69 Å². The molecule has 2 unspecified atom stereocenters. The summed E-state index contributed by atoms with van der Waals surface area (Å²) in [6.45, 7) is 9.69. The van der Waals surface area contributed by atoms with Crippen LogP contribution >= 0.6 is 0 Å². The lowest BCUT2D eigenvalue weighted by Gasteiger charge is -2.32. The Kier molecular flexibility index (Phi) is 6.67. The van der Waals surface area contributed by atoms with Crippen molar-refractivity contribution in [3.05, 3.63) is 70.4 Å². The molecule has 1 aromatic carbocycles. The highest BCUT2D eigenvalue weighted by atomic mass is 28.3. The fourth-order valence-electron chi connectivity index (χ4n) is 4.35. The number of carbonyl (C=O) groups excluding carboxylic acids is 1. The normalized spacial score (nSPS) is 18.4. The van der Waals surface area contributed by atoms with Crippen LogP contribution in [0.1, 0.15) is 22.7 Å². The van der Waals surface area contributed by atoms with Gasteiger partial charge in [-0.15, -0.1) is 4.91 Å². The number of aromatic amines is 1. The number of pyridine rings is 1. The predicted octanol–water partition coefficient (Wildman–Crippen LogP) is 5.08. The molecule has 3 N–H and O–H groups in total. The second kappa shape index (κ2) is 9.52. The van der Waals surface area contributed by atoms with Crippen LogP contribution in [0.25, 0.3) is 16.7 Å². The first-order chi connectivity index (χ1) is 16.2. The molecule has 34 heavy (non-hydrogen) atoms. The van der Waals surface area contributed by atoms with Crippen molar-refractivity contribution in [3.63, 3.8) is 0 Å². The number of aryl methyl sites for hydroxylation is 1. The summed E-state index contributed by atoms with van der Waals surface area (Å²) in [4.78, 5) is 33.6. The van der Waals surface area contributed by atoms with Crippen LogP contribution in [0.2, 0.25) is 25.7 Å². The van der Waals surface area contributed by atoms with Gasteiger partial charge in [-0.3, -0.25) is 4.79 Å². The molecule has 4 rings (SSSR count). The number of amides is 1. The van der Waals surface area contributed by atoms with Gasteiger partial charge in [0.1, 0.15) is 18.1 Å². The van der Waals surface area contributed by atoms with Crippen molar-refractivity contribution in [2.24, 2.45) is 16.8 Å². The summed E-state index contributed by atoms with van der Waals surface area (Å²) in [5.41, 5.74) is 10.4. The topological polar surface area (TPSA) is 114 Å². The van der Waals surface area contributed by atoms with E-state index in [0.717, 1.165) is 39.5 Å². The first-order valence-corrected chi connectivity index (χ1v) is 15.1. The van der Waals surface area contributed by atoms with E-state index in [9.17, 15) is 9.70 Å². The summed E-state index contributed by atoms with van der Waals surface area (Å²) in [6.07, 6.45) is 5.49. The zero-order valence-corrected chi connectivity index (χ0v) is 21.0. The van der Waals surface area contributed by atoms with Crippen LogP contribution in [0.3, 0.4) is 0 Å². The first kappa shape index (κ1) is 23.8. The van der Waals surface area contributed by atoms with Gasteiger partial charge in [-0.25, -0.2) is 4.98 Å². The molecule has 0 radical (unpaired) electrons. The Morgan fingerprint density at radius 2 is 2.06 bits per heavy atom. The van der Waals surface area contributed by atoms with E-state index in [1.54, 1.807) is 12.3 Å². The number of nitrogens with one attached hydrogen (secondary N) is 1. The lowest BCUT2D eigenvalue weighted by atomic mass is 9.93. The second-order valence-corrected chi connectivity index (χ2v) is 15.6. The van der Waals surface area contributed by atoms with Gasteiger partial charge in [-0.05, 0) is 53.5 Å². The number of benzene rings is 1.